The van der Waals surface area contributed by atoms with Crippen LogP contribution in [0.5, 0.6) is 0 Å². The largest absolute Gasteiger partial charge is 0.449 e. The highest BCUT2D eigenvalue weighted by Crippen LogP contribution is 2.44. The summed E-state index contributed by atoms with van der Waals surface area (Å²) in [6.07, 6.45) is -0.644. The number of ether oxygens (including phenoxy) is 1. The van der Waals surface area contributed by atoms with Crippen LogP contribution in [0.4, 0.5) is 4.79 Å². The average molecular weight is 601 g/mol. The summed E-state index contributed by atoms with van der Waals surface area (Å²) in [6, 6.07) is 22.2. The fourth-order valence-corrected chi connectivity index (χ4v) is 6.04. The van der Waals surface area contributed by atoms with E-state index in [1.165, 1.54) is 6.92 Å². The van der Waals surface area contributed by atoms with Gasteiger partial charge in [0.05, 0.1) is 5.56 Å². The van der Waals surface area contributed by atoms with Crippen LogP contribution in [0.3, 0.4) is 0 Å². The number of carbonyl (C=O) groups excluding carboxylic acids is 4. The Morgan fingerprint density at radius 3 is 2.05 bits per heavy atom. The Morgan fingerprint density at radius 2 is 1.44 bits per heavy atom. The molecule has 0 bridgehead atoms. The van der Waals surface area contributed by atoms with E-state index in [9.17, 15) is 19.2 Å². The van der Waals surface area contributed by atoms with E-state index in [2.05, 4.69) is 52.4 Å². The number of thiol groups is 1. The number of rotatable bonds is 10. The van der Waals surface area contributed by atoms with Gasteiger partial charge in [-0.15, -0.1) is 0 Å². The van der Waals surface area contributed by atoms with Crippen molar-refractivity contribution in [1.29, 1.82) is 0 Å². The van der Waals surface area contributed by atoms with Crippen molar-refractivity contribution in [2.75, 3.05) is 51.6 Å². The number of amides is 3. The second-order valence-electron chi connectivity index (χ2n) is 10.7. The Bertz CT molecular complexity index is 1460. The van der Waals surface area contributed by atoms with Crippen molar-refractivity contribution in [2.24, 2.45) is 0 Å². The zero-order valence-electron chi connectivity index (χ0n) is 24.1. The molecule has 1 aliphatic carbocycles. The fraction of sp³-hybridized carbons (Fsp3) is 0.333. The van der Waals surface area contributed by atoms with Gasteiger partial charge in [0.1, 0.15) is 12.6 Å². The monoisotopic (exact) mass is 600 g/mol. The highest BCUT2D eigenvalue weighted by atomic mass is 32.1. The van der Waals surface area contributed by atoms with Crippen molar-refractivity contribution in [3.63, 3.8) is 0 Å². The molecular weight excluding hydrogens is 564 g/mol. The quantitative estimate of drug-likeness (QED) is 0.243. The van der Waals surface area contributed by atoms with E-state index < -0.39 is 12.1 Å². The Hall–Kier alpha value is -4.15. The number of alkyl carbamates (subject to hydrolysis) is 1. The molecule has 1 aliphatic heterocycles. The number of fused-ring (bicyclic) bond motifs is 3. The topological polar surface area (TPSA) is 108 Å². The SMILES string of the molecule is CC(=O)c1ccccc1C(=O)NCCN1CCN(C(=O)C(CS)NC(=O)OCC2c3ccccc3-c3ccccc32)CC1. The maximum Gasteiger partial charge on any atom is 0.407 e. The van der Waals surface area contributed by atoms with Gasteiger partial charge in [0.15, 0.2) is 5.78 Å². The van der Waals surface area contributed by atoms with Gasteiger partial charge < -0.3 is 20.3 Å². The van der Waals surface area contributed by atoms with Gasteiger partial charge in [0.2, 0.25) is 5.91 Å². The minimum absolute atomic E-state index is 0.0648. The molecule has 1 fully saturated rings. The van der Waals surface area contributed by atoms with E-state index >= 15 is 0 Å². The van der Waals surface area contributed by atoms with Crippen molar-refractivity contribution in [2.45, 2.75) is 18.9 Å². The van der Waals surface area contributed by atoms with Gasteiger partial charge in [0, 0.05) is 56.5 Å². The molecule has 0 spiro atoms. The number of ketones is 1. The van der Waals surface area contributed by atoms with Crippen LogP contribution in [0.15, 0.2) is 72.8 Å². The lowest BCUT2D eigenvalue weighted by molar-refractivity contribution is -0.134. The third-order valence-corrected chi connectivity index (χ3v) is 8.43. The summed E-state index contributed by atoms with van der Waals surface area (Å²) in [5.74, 6) is -0.547. The third-order valence-electron chi connectivity index (χ3n) is 8.06. The standard InChI is InChI=1S/C33H36N4O5S/c1-22(38)23-8-2-7-13-28(23)31(39)34-14-15-36-16-18-37(19-17-36)32(40)30(21-43)35-33(41)42-20-29-26-11-5-3-9-24(26)25-10-4-6-12-27(25)29/h2-13,29-30,43H,14-21H2,1H3,(H,34,39)(H,35,41). The zero-order chi connectivity index (χ0) is 30.3. The lowest BCUT2D eigenvalue weighted by atomic mass is 9.98. The molecule has 3 amide bonds. The molecule has 0 saturated carbocycles. The molecule has 5 rings (SSSR count). The van der Waals surface area contributed by atoms with Crippen LogP contribution in [0.2, 0.25) is 0 Å². The van der Waals surface area contributed by atoms with E-state index in [0.717, 1.165) is 22.3 Å². The highest BCUT2D eigenvalue weighted by Gasteiger charge is 2.31. The number of benzene rings is 3. The van der Waals surface area contributed by atoms with E-state index in [0.29, 0.717) is 50.4 Å². The van der Waals surface area contributed by atoms with Gasteiger partial charge in [-0.05, 0) is 35.2 Å². The second-order valence-corrected chi connectivity index (χ2v) is 11.1. The summed E-state index contributed by atoms with van der Waals surface area (Å²) in [7, 11) is 0. The zero-order valence-corrected chi connectivity index (χ0v) is 25.0. The van der Waals surface area contributed by atoms with E-state index in [1.54, 1.807) is 29.2 Å². The minimum atomic E-state index is -0.800. The molecular formula is C33H36N4O5S. The van der Waals surface area contributed by atoms with Crippen LogP contribution in [-0.2, 0) is 9.53 Å². The number of hydrogen-bond acceptors (Lipinski definition) is 7. The molecule has 224 valence electrons. The molecule has 1 heterocycles. The Labute approximate surface area is 257 Å². The van der Waals surface area contributed by atoms with Gasteiger partial charge in [-0.25, -0.2) is 4.79 Å². The Balaban J connectivity index is 1.06. The van der Waals surface area contributed by atoms with E-state index in [4.69, 9.17) is 4.74 Å². The highest BCUT2D eigenvalue weighted by molar-refractivity contribution is 7.80. The number of carbonyl (C=O) groups is 4. The molecule has 2 aliphatic rings. The molecule has 0 aromatic heterocycles. The van der Waals surface area contributed by atoms with E-state index in [-0.39, 0.29) is 35.9 Å². The van der Waals surface area contributed by atoms with Crippen molar-refractivity contribution >= 4 is 36.3 Å². The molecule has 43 heavy (non-hydrogen) atoms. The van der Waals surface area contributed by atoms with Gasteiger partial charge in [-0.2, -0.15) is 12.6 Å². The van der Waals surface area contributed by atoms with Crippen LogP contribution in [-0.4, -0.2) is 91.2 Å². The van der Waals surface area contributed by atoms with Crippen LogP contribution in [0, 0.1) is 0 Å². The molecule has 0 radical (unpaired) electrons. The second kappa shape index (κ2) is 13.9. The molecule has 1 atom stereocenters. The third kappa shape index (κ3) is 6.92. The van der Waals surface area contributed by atoms with Crippen LogP contribution < -0.4 is 10.6 Å². The van der Waals surface area contributed by atoms with Crippen molar-refractivity contribution < 1.29 is 23.9 Å². The Morgan fingerprint density at radius 1 is 0.860 bits per heavy atom. The smallest absolute Gasteiger partial charge is 0.407 e. The van der Waals surface area contributed by atoms with E-state index in [1.807, 2.05) is 24.3 Å². The normalized spacial score (nSPS) is 15.3. The van der Waals surface area contributed by atoms with Gasteiger partial charge >= 0.3 is 6.09 Å². The summed E-state index contributed by atoms with van der Waals surface area (Å²) in [4.78, 5) is 54.3. The number of nitrogens with one attached hydrogen (secondary N) is 2. The molecule has 1 saturated heterocycles. The van der Waals surface area contributed by atoms with Gasteiger partial charge in [-0.1, -0.05) is 66.7 Å². The lowest BCUT2D eigenvalue weighted by Gasteiger charge is -2.36. The van der Waals surface area contributed by atoms with Crippen molar-refractivity contribution in [3.8, 4) is 11.1 Å². The van der Waals surface area contributed by atoms with Crippen molar-refractivity contribution in [1.82, 2.24) is 20.4 Å². The summed E-state index contributed by atoms with van der Waals surface area (Å²) in [5, 5.41) is 5.59. The summed E-state index contributed by atoms with van der Waals surface area (Å²) in [5.41, 5.74) is 5.31. The molecule has 1 unspecified atom stereocenters. The molecule has 2 N–H and O–H groups in total. The number of hydrogen-bond donors (Lipinski definition) is 3. The predicted molar refractivity (Wildman–Crippen MR) is 168 cm³/mol. The van der Waals surface area contributed by atoms with Gasteiger partial charge in [-0.3, -0.25) is 19.3 Å². The van der Waals surface area contributed by atoms with Crippen LogP contribution in [0.25, 0.3) is 11.1 Å². The van der Waals surface area contributed by atoms with Crippen LogP contribution >= 0.6 is 12.6 Å². The Kier molecular flexibility index (Phi) is 9.79. The number of piperazine rings is 1. The average Bonchev–Trinajstić information content (AvgIpc) is 3.36. The van der Waals surface area contributed by atoms with Crippen LogP contribution in [0.1, 0.15) is 44.7 Å². The summed E-state index contributed by atoms with van der Waals surface area (Å²) < 4.78 is 5.63. The first-order chi connectivity index (χ1) is 20.9. The minimum Gasteiger partial charge on any atom is -0.449 e. The number of nitrogens with zero attached hydrogens (tertiary/aromatic N) is 2. The maximum atomic E-state index is 13.2. The molecule has 10 heteroatoms. The molecule has 3 aromatic carbocycles. The lowest BCUT2D eigenvalue weighted by Crippen LogP contribution is -2.56. The molecule has 3 aromatic rings. The first-order valence-corrected chi connectivity index (χ1v) is 15.1. The summed E-state index contributed by atoms with van der Waals surface area (Å²) in [6.45, 7) is 4.91. The summed E-state index contributed by atoms with van der Waals surface area (Å²) >= 11 is 4.32. The van der Waals surface area contributed by atoms with Crippen molar-refractivity contribution in [3.05, 3.63) is 95.1 Å². The maximum absolute atomic E-state index is 13.2. The first kappa shape index (κ1) is 30.3. The molecule has 9 nitrogen and oxygen atoms in total. The predicted octanol–water partition coefficient (Wildman–Crippen LogP) is 3.60. The fourth-order valence-electron chi connectivity index (χ4n) is 5.79. The first-order valence-electron chi connectivity index (χ1n) is 14.5. The number of Topliss-reactive ketones (excluding diaryl/α,β-unsaturated/α-hetero) is 1. The van der Waals surface area contributed by atoms with Gasteiger partial charge in [0.25, 0.3) is 5.91 Å².